The van der Waals surface area contributed by atoms with Gasteiger partial charge >= 0.3 is 0 Å². The van der Waals surface area contributed by atoms with E-state index < -0.39 is 0 Å². The minimum atomic E-state index is -0.197. The van der Waals surface area contributed by atoms with Crippen LogP contribution in [0.15, 0.2) is 34.7 Å². The van der Waals surface area contributed by atoms with Crippen LogP contribution in [0.4, 0.5) is 4.39 Å². The van der Waals surface area contributed by atoms with E-state index in [9.17, 15) is 4.39 Å². The number of hydrogen-bond acceptors (Lipinski definition) is 2. The zero-order valence-corrected chi connectivity index (χ0v) is 11.0. The van der Waals surface area contributed by atoms with Crippen LogP contribution >= 0.6 is 0 Å². The lowest BCUT2D eigenvalue weighted by Crippen LogP contribution is -2.18. The molecule has 1 heterocycles. The van der Waals surface area contributed by atoms with Gasteiger partial charge < -0.3 is 9.73 Å². The van der Waals surface area contributed by atoms with Crippen LogP contribution < -0.4 is 5.32 Å². The highest BCUT2D eigenvalue weighted by molar-refractivity contribution is 5.24. The second-order valence-electron chi connectivity index (χ2n) is 4.60. The lowest BCUT2D eigenvalue weighted by molar-refractivity contribution is 0.489. The summed E-state index contributed by atoms with van der Waals surface area (Å²) in [6.45, 7) is 6.62. The van der Waals surface area contributed by atoms with Gasteiger partial charge in [0, 0.05) is 18.2 Å². The van der Waals surface area contributed by atoms with Gasteiger partial charge in [-0.2, -0.15) is 0 Å². The van der Waals surface area contributed by atoms with Crippen LogP contribution in [0.25, 0.3) is 0 Å². The second kappa shape index (κ2) is 5.36. The van der Waals surface area contributed by atoms with E-state index in [0.29, 0.717) is 6.54 Å². The first-order chi connectivity index (χ1) is 8.56. The molecule has 0 saturated heterocycles. The van der Waals surface area contributed by atoms with Gasteiger partial charge in [0.25, 0.3) is 0 Å². The summed E-state index contributed by atoms with van der Waals surface area (Å²) in [6, 6.07) is 8.87. The largest absolute Gasteiger partial charge is 0.466 e. The van der Waals surface area contributed by atoms with Gasteiger partial charge in [0.15, 0.2) is 0 Å². The molecule has 96 valence electrons. The number of benzene rings is 1. The molecule has 1 unspecified atom stereocenters. The summed E-state index contributed by atoms with van der Waals surface area (Å²) in [4.78, 5) is 0. The van der Waals surface area contributed by atoms with Gasteiger partial charge in [-0.1, -0.05) is 12.1 Å². The fraction of sp³-hybridized carbons (Fsp3) is 0.333. The third-order valence-electron chi connectivity index (χ3n) is 3.05. The molecular weight excluding hydrogens is 229 g/mol. The SMILES string of the molecule is Cc1cc(C(C)NCc2cccc(F)c2)c(C)o1. The Bertz CT molecular complexity index is 533. The number of rotatable bonds is 4. The lowest BCUT2D eigenvalue weighted by atomic mass is 10.1. The van der Waals surface area contributed by atoms with Crippen molar-refractivity contribution in [3.63, 3.8) is 0 Å². The zero-order valence-electron chi connectivity index (χ0n) is 11.0. The van der Waals surface area contributed by atoms with Crippen LogP contribution in [-0.2, 0) is 6.54 Å². The maximum Gasteiger partial charge on any atom is 0.123 e. The summed E-state index contributed by atoms with van der Waals surface area (Å²) in [5.74, 6) is 1.66. The van der Waals surface area contributed by atoms with Crippen LogP contribution in [0.5, 0.6) is 0 Å². The Morgan fingerprint density at radius 2 is 2.06 bits per heavy atom. The third-order valence-corrected chi connectivity index (χ3v) is 3.05. The van der Waals surface area contributed by atoms with E-state index in [1.807, 2.05) is 26.0 Å². The topological polar surface area (TPSA) is 25.2 Å². The smallest absolute Gasteiger partial charge is 0.123 e. The van der Waals surface area contributed by atoms with Gasteiger partial charge in [-0.25, -0.2) is 4.39 Å². The average molecular weight is 247 g/mol. The number of halogens is 1. The fourth-order valence-corrected chi connectivity index (χ4v) is 2.11. The van der Waals surface area contributed by atoms with E-state index in [1.54, 1.807) is 12.1 Å². The quantitative estimate of drug-likeness (QED) is 0.886. The maximum atomic E-state index is 13.0. The summed E-state index contributed by atoms with van der Waals surface area (Å²) >= 11 is 0. The summed E-state index contributed by atoms with van der Waals surface area (Å²) in [5.41, 5.74) is 2.10. The van der Waals surface area contributed by atoms with E-state index >= 15 is 0 Å². The predicted octanol–water partition coefficient (Wildman–Crippen LogP) is 3.89. The van der Waals surface area contributed by atoms with E-state index in [1.165, 1.54) is 6.07 Å². The van der Waals surface area contributed by atoms with Gasteiger partial charge in [-0.3, -0.25) is 0 Å². The van der Waals surface area contributed by atoms with Gasteiger partial charge in [0.05, 0.1) is 0 Å². The van der Waals surface area contributed by atoms with Crippen molar-refractivity contribution in [2.75, 3.05) is 0 Å². The highest BCUT2D eigenvalue weighted by Gasteiger charge is 2.11. The molecule has 1 atom stereocenters. The van der Waals surface area contributed by atoms with Gasteiger partial charge in [0.1, 0.15) is 17.3 Å². The predicted molar refractivity (Wildman–Crippen MR) is 69.8 cm³/mol. The Balaban J connectivity index is 2.00. The highest BCUT2D eigenvalue weighted by atomic mass is 19.1. The average Bonchev–Trinajstić information content (AvgIpc) is 2.66. The van der Waals surface area contributed by atoms with Gasteiger partial charge in [-0.15, -0.1) is 0 Å². The molecule has 1 aromatic carbocycles. The van der Waals surface area contributed by atoms with Crippen molar-refractivity contribution >= 4 is 0 Å². The summed E-state index contributed by atoms with van der Waals surface area (Å²) in [5, 5.41) is 3.37. The number of aryl methyl sites for hydroxylation is 2. The Hall–Kier alpha value is -1.61. The Kier molecular flexibility index (Phi) is 3.82. The molecule has 2 aromatic rings. The van der Waals surface area contributed by atoms with Gasteiger partial charge in [0.2, 0.25) is 0 Å². The van der Waals surface area contributed by atoms with Crippen molar-refractivity contribution in [3.8, 4) is 0 Å². The van der Waals surface area contributed by atoms with Crippen LogP contribution in [0, 0.1) is 19.7 Å². The molecule has 2 nitrogen and oxygen atoms in total. The number of hydrogen-bond donors (Lipinski definition) is 1. The molecular formula is C15H18FNO. The molecule has 0 aliphatic carbocycles. The Morgan fingerprint density at radius 1 is 1.28 bits per heavy atom. The van der Waals surface area contributed by atoms with Crippen LogP contribution in [0.2, 0.25) is 0 Å². The lowest BCUT2D eigenvalue weighted by Gasteiger charge is -2.13. The maximum absolute atomic E-state index is 13.0. The summed E-state index contributed by atoms with van der Waals surface area (Å²) in [7, 11) is 0. The Labute approximate surface area is 107 Å². The minimum absolute atomic E-state index is 0.186. The Morgan fingerprint density at radius 3 is 2.67 bits per heavy atom. The first-order valence-electron chi connectivity index (χ1n) is 6.11. The molecule has 3 heteroatoms. The molecule has 0 amide bonds. The molecule has 18 heavy (non-hydrogen) atoms. The number of nitrogens with one attached hydrogen (secondary N) is 1. The van der Waals surface area contributed by atoms with E-state index in [4.69, 9.17) is 4.42 Å². The molecule has 1 aromatic heterocycles. The third kappa shape index (κ3) is 2.99. The van der Waals surface area contributed by atoms with Crippen molar-refractivity contribution in [2.24, 2.45) is 0 Å². The standard InChI is InChI=1S/C15H18FNO/c1-10-7-15(12(3)18-10)11(2)17-9-13-5-4-6-14(16)8-13/h4-8,11,17H,9H2,1-3H3. The minimum Gasteiger partial charge on any atom is -0.466 e. The normalized spacial score (nSPS) is 12.7. The van der Waals surface area contributed by atoms with E-state index in [0.717, 1.165) is 22.6 Å². The highest BCUT2D eigenvalue weighted by Crippen LogP contribution is 2.21. The first-order valence-corrected chi connectivity index (χ1v) is 6.11. The van der Waals surface area contributed by atoms with Crippen molar-refractivity contribution in [1.82, 2.24) is 5.32 Å². The molecule has 2 rings (SSSR count). The number of furan rings is 1. The van der Waals surface area contributed by atoms with Crippen molar-refractivity contribution < 1.29 is 8.81 Å². The van der Waals surface area contributed by atoms with Crippen molar-refractivity contribution in [1.29, 1.82) is 0 Å². The monoisotopic (exact) mass is 247 g/mol. The molecule has 0 bridgehead atoms. The van der Waals surface area contributed by atoms with E-state index in [2.05, 4.69) is 12.2 Å². The molecule has 1 N–H and O–H groups in total. The molecule has 0 fully saturated rings. The summed E-state index contributed by atoms with van der Waals surface area (Å²) < 4.78 is 18.5. The molecule has 0 aliphatic heterocycles. The molecule has 0 saturated carbocycles. The molecule has 0 aliphatic rings. The van der Waals surface area contributed by atoms with Gasteiger partial charge in [-0.05, 0) is 44.5 Å². The summed E-state index contributed by atoms with van der Waals surface area (Å²) in [6.07, 6.45) is 0. The van der Waals surface area contributed by atoms with Crippen LogP contribution in [0.1, 0.15) is 35.6 Å². The second-order valence-corrected chi connectivity index (χ2v) is 4.60. The van der Waals surface area contributed by atoms with E-state index in [-0.39, 0.29) is 11.9 Å². The molecule has 0 spiro atoms. The zero-order chi connectivity index (χ0) is 13.1. The molecule has 0 radical (unpaired) electrons. The van der Waals surface area contributed by atoms with Crippen molar-refractivity contribution in [3.05, 3.63) is 58.8 Å². The van der Waals surface area contributed by atoms with Crippen LogP contribution in [-0.4, -0.2) is 0 Å². The van der Waals surface area contributed by atoms with Crippen LogP contribution in [0.3, 0.4) is 0 Å². The van der Waals surface area contributed by atoms with Crippen molar-refractivity contribution in [2.45, 2.75) is 33.4 Å². The fourth-order valence-electron chi connectivity index (χ4n) is 2.11. The first kappa shape index (κ1) is 12.8.